The van der Waals surface area contributed by atoms with Gasteiger partial charge in [-0.1, -0.05) is 284 Å². The van der Waals surface area contributed by atoms with Gasteiger partial charge in [-0.2, -0.15) is 0 Å². The predicted molar refractivity (Wildman–Crippen MR) is 445 cm³/mol. The lowest BCUT2D eigenvalue weighted by molar-refractivity contribution is -0.147. The summed E-state index contributed by atoms with van der Waals surface area (Å²) in [6.45, 7) is 31.0. The van der Waals surface area contributed by atoms with E-state index in [0.717, 1.165) is 85.6 Å². The van der Waals surface area contributed by atoms with Crippen LogP contribution in [0.3, 0.4) is 0 Å². The number of nitrogens with zero attached hydrogens (tertiary/aromatic N) is 3. The Hall–Kier alpha value is -7.48. The van der Waals surface area contributed by atoms with Gasteiger partial charge < -0.3 is 49.6 Å². The number of aliphatic carboxylic acids is 1. The van der Waals surface area contributed by atoms with Gasteiger partial charge >= 0.3 is 5.97 Å². The van der Waals surface area contributed by atoms with E-state index in [9.17, 15) is 24.6 Å². The Morgan fingerprint density at radius 3 is 1.00 bits per heavy atom. The first-order valence-corrected chi connectivity index (χ1v) is 42.4. The Balaban J connectivity index is 0.000000231. The van der Waals surface area contributed by atoms with Crippen molar-refractivity contribution in [3.05, 3.63) is 211 Å². The minimum atomic E-state index is -2.91. The van der Waals surface area contributed by atoms with E-state index in [1.54, 1.807) is 44.9 Å². The molecular weight excluding hydrogens is 1410 g/mol. The number of rotatable bonds is 20. The molecule has 0 bridgehead atoms. The smallest absolute Gasteiger partial charge is 0.331 e. The van der Waals surface area contributed by atoms with Gasteiger partial charge in [0.05, 0.1) is 37.9 Å². The van der Waals surface area contributed by atoms with E-state index in [4.69, 9.17) is 38.8 Å². The van der Waals surface area contributed by atoms with Crippen molar-refractivity contribution >= 4 is 106 Å². The number of nitrogens with one attached hydrogen (secondary N) is 2. The minimum absolute atomic E-state index is 0. The van der Waals surface area contributed by atoms with Crippen LogP contribution in [0.2, 0.25) is 10.1 Å². The zero-order chi connectivity index (χ0) is 76.3. The molecule has 0 spiro atoms. The maximum absolute atomic E-state index is 14.0. The monoisotopic (exact) mass is 1520 g/mol. The number of aliphatic imine (C=N–C) groups is 3. The number of aliphatic hydroxyl groups is 1. The van der Waals surface area contributed by atoms with Gasteiger partial charge in [0.1, 0.15) is 35.6 Å². The van der Waals surface area contributed by atoms with Crippen molar-refractivity contribution in [2.24, 2.45) is 38.5 Å². The van der Waals surface area contributed by atoms with Gasteiger partial charge in [0, 0.05) is 17.3 Å². The lowest BCUT2D eigenvalue weighted by Crippen LogP contribution is -2.69. The normalized spacial score (nSPS) is 19.1. The molecule has 0 aromatic heterocycles. The van der Waals surface area contributed by atoms with Crippen molar-refractivity contribution in [2.45, 2.75) is 176 Å². The summed E-state index contributed by atoms with van der Waals surface area (Å²) in [4.78, 5) is 52.3. The summed E-state index contributed by atoms with van der Waals surface area (Å²) in [5, 5.41) is 31.5. The molecule has 6 atom stereocenters. The molecule has 105 heavy (non-hydrogen) atoms. The summed E-state index contributed by atoms with van der Waals surface area (Å²) in [6.07, 6.45) is 0.276. The Kier molecular flexibility index (Phi) is 31.6. The molecule has 6 N–H and O–H groups in total. The zero-order valence-corrected chi connectivity index (χ0v) is 68.4. The molecule has 7 aromatic carbocycles. The van der Waals surface area contributed by atoms with Crippen LogP contribution in [0.25, 0.3) is 0 Å². The first-order valence-electron chi connectivity index (χ1n) is 35.7. The molecule has 0 saturated carbocycles. The summed E-state index contributed by atoms with van der Waals surface area (Å²) >= 11 is 4.72. The topological polar surface area (TPSA) is 225 Å². The van der Waals surface area contributed by atoms with E-state index in [-0.39, 0.29) is 52.2 Å². The Morgan fingerprint density at radius 2 is 0.733 bits per heavy atom. The molecular formula is C84H114N6O10S3Si2. The van der Waals surface area contributed by atoms with Crippen LogP contribution in [0.5, 0.6) is 17.2 Å². The lowest BCUT2D eigenvalue weighted by Gasteiger charge is -2.45. The number of carboxylic acids is 1. The first kappa shape index (κ1) is 86.4. The van der Waals surface area contributed by atoms with Crippen LogP contribution in [0.1, 0.15) is 147 Å². The van der Waals surface area contributed by atoms with Gasteiger partial charge in [-0.15, -0.1) is 0 Å². The molecule has 7 aromatic rings. The van der Waals surface area contributed by atoms with Gasteiger partial charge in [0.2, 0.25) is 0 Å². The van der Waals surface area contributed by atoms with Gasteiger partial charge in [0.25, 0.3) is 28.4 Å². The summed E-state index contributed by atoms with van der Waals surface area (Å²) in [5.41, 5.74) is 8.17. The number of thioether (sulfide) groups is 3. The molecule has 2 amide bonds. The van der Waals surface area contributed by atoms with Gasteiger partial charge in [-0.3, -0.25) is 24.6 Å². The van der Waals surface area contributed by atoms with E-state index in [0.29, 0.717) is 15.5 Å². The number of carboxylic acid groups (broad SMARTS) is 1. The number of amidine groups is 3. The molecule has 16 nitrogen and oxygen atoms in total. The van der Waals surface area contributed by atoms with E-state index in [2.05, 4.69) is 189 Å². The molecule has 3 aliphatic rings. The zero-order valence-electron chi connectivity index (χ0n) is 64.0. The van der Waals surface area contributed by atoms with Crippen LogP contribution in [0.15, 0.2) is 209 Å². The number of hydrogen-bond donors (Lipinski definition) is 5. The second-order valence-corrected chi connectivity index (χ2v) is 41.8. The number of carbonyl (C=O) groups excluding carboxylic acids is 2. The van der Waals surface area contributed by atoms with Gasteiger partial charge in [-0.05, 0) is 142 Å². The Bertz CT molecular complexity index is 3900. The van der Waals surface area contributed by atoms with Crippen LogP contribution in [-0.4, -0.2) is 117 Å². The molecule has 21 heteroatoms. The number of nitrogens with two attached hydrogens (primary N) is 1. The summed E-state index contributed by atoms with van der Waals surface area (Å²) in [6, 6.07) is 65.1. The molecule has 566 valence electrons. The standard InChI is InChI=1S/C33H42N2O3SSi.C21H28O3Si.C17H24N2O3S.C12H16N2OS.CH4/c1-24(2)29(30(36)34-31-35-33(6,22-23-39-31)25-18-20-26(37-7)21-19-25)38-40(32(3,4)5,27-14-10-8-11-15-27)28-16-12-9-13-17-28;1-16(2)19(20(22)23)24-25(21(3,4)5,17-12-8-6-9-13-17)18-14-10-7-11-15-18;1-11(2)14(20)15(21)18-16-19-17(3,9-10-23-16)12-5-7-13(22-4)8-6-12;1-12(7-8-16-11(13)14-12)9-3-5-10(15-2)6-4-9;/h8-21,24,29H,22-23H2,1-7H3,(H,34,35,36);6-16,19H,1-5H3,(H,22,23);5-8,11,14,20H,9-10H2,1-4H3,(H,18,19,21);3-6H,7-8H2,1-2H3,(H2,13,14);1H4/t29-,33?;19-;14-,17?;;/m100../s1. The van der Waals surface area contributed by atoms with Crippen LogP contribution < -0.4 is 51.3 Å². The molecule has 3 unspecified atom stereocenters. The highest BCUT2D eigenvalue weighted by atomic mass is 32.2. The average Bonchev–Trinajstić information content (AvgIpc) is 0.746. The summed E-state index contributed by atoms with van der Waals surface area (Å²) in [5.74, 6) is 3.52. The highest BCUT2D eigenvalue weighted by molar-refractivity contribution is 8.14. The first-order chi connectivity index (χ1) is 49.2. The van der Waals surface area contributed by atoms with Crippen molar-refractivity contribution < 1.29 is 47.7 Å². The fraction of sp³-hybridized carbons (Fsp3) is 0.429. The van der Waals surface area contributed by atoms with Crippen LogP contribution in [-0.2, 0) is 39.9 Å². The fourth-order valence-corrected chi connectivity index (χ4v) is 25.8. The van der Waals surface area contributed by atoms with E-state index < -0.39 is 52.4 Å². The molecule has 3 aliphatic heterocycles. The van der Waals surface area contributed by atoms with Gasteiger partial charge in [-0.25, -0.2) is 4.79 Å². The molecule has 10 rings (SSSR count). The predicted octanol–water partition coefficient (Wildman–Crippen LogP) is 15.3. The number of benzene rings is 7. The summed E-state index contributed by atoms with van der Waals surface area (Å²) in [7, 11) is -0.756. The van der Waals surface area contributed by atoms with Crippen molar-refractivity contribution in [2.75, 3.05) is 38.6 Å². The maximum atomic E-state index is 14.0. The fourth-order valence-electron chi connectivity index (χ4n) is 13.0. The van der Waals surface area contributed by atoms with E-state index >= 15 is 0 Å². The van der Waals surface area contributed by atoms with Crippen LogP contribution in [0.4, 0.5) is 0 Å². The lowest BCUT2D eigenvalue weighted by atomic mass is 9.90. The van der Waals surface area contributed by atoms with Gasteiger partial charge in [0.15, 0.2) is 15.5 Å². The molecule has 0 saturated heterocycles. The largest absolute Gasteiger partial charge is 0.497 e. The maximum Gasteiger partial charge on any atom is 0.331 e. The number of carbonyl (C=O) groups is 3. The third-order valence-electron chi connectivity index (χ3n) is 19.2. The average molecular weight is 1520 g/mol. The minimum Gasteiger partial charge on any atom is -0.497 e. The second kappa shape index (κ2) is 38.4. The highest BCUT2D eigenvalue weighted by Gasteiger charge is 2.54. The quantitative estimate of drug-likeness (QED) is 0.0448. The number of hydrogen-bond acceptors (Lipinski definition) is 16. The molecule has 0 radical (unpaired) electrons. The van der Waals surface area contributed by atoms with E-state index in [1.807, 2.05) is 125 Å². The van der Waals surface area contributed by atoms with E-state index in [1.165, 1.54) is 17.3 Å². The molecule has 0 fully saturated rings. The molecule has 0 aliphatic carbocycles. The summed E-state index contributed by atoms with van der Waals surface area (Å²) < 4.78 is 29.6. The third kappa shape index (κ3) is 21.9. The van der Waals surface area contributed by atoms with Crippen molar-refractivity contribution in [3.8, 4) is 17.2 Å². The van der Waals surface area contributed by atoms with Crippen molar-refractivity contribution in [3.63, 3.8) is 0 Å². The Morgan fingerprint density at radius 1 is 0.448 bits per heavy atom. The SMILES string of the molecule is C.CC(C)[C@H](O[Si](c1ccccc1)(c1ccccc1)C(C)(C)C)C(=O)O.COc1ccc(C2(C)CCSC(N)=N2)cc1.COc1ccc(C2(C)CCSC(NC(=O)[C@@H](O)C(C)C)=N2)cc1.COc1ccc(C2(C)CCSC(NC(=O)[C@H](O[Si](c3ccccc3)(c3ccccc3)C(C)(C)C)C(C)C)=N2)cc1. The van der Waals surface area contributed by atoms with Crippen LogP contribution >= 0.6 is 35.3 Å². The number of ether oxygens (including phenoxy) is 3. The number of aliphatic hydroxyl groups excluding tert-OH is 1. The van der Waals surface area contributed by atoms with Crippen molar-refractivity contribution in [1.29, 1.82) is 0 Å². The van der Waals surface area contributed by atoms with Crippen LogP contribution in [0, 0.1) is 17.8 Å². The molecule has 3 heterocycles. The highest BCUT2D eigenvalue weighted by Crippen LogP contribution is 2.42. The number of amides is 2. The van der Waals surface area contributed by atoms with Crippen molar-refractivity contribution in [1.82, 2.24) is 10.6 Å². The second-order valence-electron chi connectivity index (χ2n) is 30.0. The Labute approximate surface area is 640 Å². The number of methoxy groups -OCH3 is 3. The third-order valence-corrected chi connectivity index (χ3v) is 31.8.